The third-order valence-electron chi connectivity index (χ3n) is 5.91. The molecule has 0 spiro atoms. The van der Waals surface area contributed by atoms with Crippen LogP contribution >= 0.6 is 0 Å². The lowest BCUT2D eigenvalue weighted by Gasteiger charge is -2.48. The first-order valence-corrected chi connectivity index (χ1v) is 10.9. The minimum Gasteiger partial charge on any atom is -0.507 e. The largest absolute Gasteiger partial charge is 0.507 e. The second kappa shape index (κ2) is 8.09. The maximum atomic E-state index is 10.6. The Morgan fingerprint density at radius 2 is 1.75 bits per heavy atom. The van der Waals surface area contributed by atoms with Gasteiger partial charge in [-0.2, -0.15) is 0 Å². The molecule has 0 unspecified atom stereocenters. The molecule has 2 N–H and O–H groups in total. The highest BCUT2D eigenvalue weighted by molar-refractivity contribution is 5.71. The first-order valence-electron chi connectivity index (χ1n) is 10.9. The second-order valence-corrected chi connectivity index (χ2v) is 9.96. The molecule has 1 aromatic carbocycles. The molecule has 8 nitrogen and oxygen atoms in total. The van der Waals surface area contributed by atoms with Crippen LogP contribution in [0.5, 0.6) is 5.75 Å². The van der Waals surface area contributed by atoms with Crippen LogP contribution in [-0.2, 0) is 0 Å². The van der Waals surface area contributed by atoms with E-state index < -0.39 is 0 Å². The Bertz CT molecular complexity index is 1100. The first kappa shape index (κ1) is 22.1. The van der Waals surface area contributed by atoms with E-state index in [1.165, 1.54) is 0 Å². The average Bonchev–Trinajstić information content (AvgIpc) is 2.71. The van der Waals surface area contributed by atoms with Crippen molar-refractivity contribution in [2.75, 3.05) is 11.9 Å². The number of hydrogen-bond donors (Lipinski definition) is 2. The van der Waals surface area contributed by atoms with E-state index in [9.17, 15) is 5.11 Å². The van der Waals surface area contributed by atoms with Gasteiger partial charge < -0.3 is 15.3 Å². The Morgan fingerprint density at radius 3 is 2.34 bits per heavy atom. The van der Waals surface area contributed by atoms with Crippen molar-refractivity contribution in [1.29, 1.82) is 0 Å². The minimum atomic E-state index is 0.0303. The maximum absolute atomic E-state index is 10.6. The Kier molecular flexibility index (Phi) is 5.58. The van der Waals surface area contributed by atoms with Crippen LogP contribution in [-0.4, -0.2) is 54.4 Å². The molecular weight excluding hydrogens is 402 g/mol. The van der Waals surface area contributed by atoms with Crippen molar-refractivity contribution >= 4 is 5.95 Å². The molecule has 0 aliphatic carbocycles. The van der Waals surface area contributed by atoms with E-state index >= 15 is 0 Å². The number of piperidine rings is 1. The first-order chi connectivity index (χ1) is 15.0. The van der Waals surface area contributed by atoms with Gasteiger partial charge in [0.15, 0.2) is 5.82 Å². The number of nitrogens with zero attached hydrogens (tertiary/aromatic N) is 6. The fraction of sp³-hybridized carbons (Fsp3) is 0.458. The topological polar surface area (TPSA) is 100.0 Å². The molecule has 32 heavy (non-hydrogen) atoms. The number of benzene rings is 1. The zero-order chi connectivity index (χ0) is 23.1. The number of aromatic hydroxyl groups is 1. The highest BCUT2D eigenvalue weighted by Gasteiger charge is 2.39. The molecule has 168 valence electrons. The highest BCUT2D eigenvalue weighted by atomic mass is 16.3. The molecule has 1 fully saturated rings. The van der Waals surface area contributed by atoms with Crippen LogP contribution in [0.25, 0.3) is 22.6 Å². The molecule has 0 radical (unpaired) electrons. The molecule has 8 heteroatoms. The van der Waals surface area contributed by atoms with Crippen LogP contribution < -0.4 is 10.2 Å². The van der Waals surface area contributed by atoms with Gasteiger partial charge in [-0.15, -0.1) is 10.2 Å². The summed E-state index contributed by atoms with van der Waals surface area (Å²) in [5, 5.41) is 23.0. The summed E-state index contributed by atoms with van der Waals surface area (Å²) in [5.41, 5.74) is 2.75. The van der Waals surface area contributed by atoms with Crippen LogP contribution in [0, 0.1) is 6.92 Å². The Hall–Kier alpha value is -3.13. The van der Waals surface area contributed by atoms with E-state index in [-0.39, 0.29) is 16.8 Å². The van der Waals surface area contributed by atoms with Crippen LogP contribution in [0.15, 0.2) is 36.7 Å². The van der Waals surface area contributed by atoms with Gasteiger partial charge in [0.25, 0.3) is 0 Å². The molecule has 0 amide bonds. The van der Waals surface area contributed by atoms with Crippen molar-refractivity contribution in [3.8, 4) is 28.4 Å². The van der Waals surface area contributed by atoms with Gasteiger partial charge in [0.1, 0.15) is 11.4 Å². The van der Waals surface area contributed by atoms with Crippen LogP contribution in [0.4, 0.5) is 5.95 Å². The van der Waals surface area contributed by atoms with Gasteiger partial charge in [-0.3, -0.25) is 0 Å². The number of aryl methyl sites for hydroxylation is 1. The SMILES string of the molecule is Cc1ccnc(-c2ccc(-c3cnc(N(C)C4CC(C)(C)NC(C)(C)C4)nn3)c(O)c2)n1. The number of aromatic nitrogens is 5. The Balaban J connectivity index is 1.55. The monoisotopic (exact) mass is 433 g/mol. The van der Waals surface area contributed by atoms with Gasteiger partial charge in [-0.05, 0) is 65.7 Å². The summed E-state index contributed by atoms with van der Waals surface area (Å²) in [6, 6.07) is 7.44. The van der Waals surface area contributed by atoms with Gasteiger partial charge in [-0.1, -0.05) is 6.07 Å². The summed E-state index contributed by atoms with van der Waals surface area (Å²) in [5.74, 6) is 1.24. The normalized spacial score (nSPS) is 17.8. The third-order valence-corrected chi connectivity index (χ3v) is 5.91. The molecule has 4 rings (SSSR count). The lowest BCUT2D eigenvalue weighted by atomic mass is 9.79. The van der Waals surface area contributed by atoms with E-state index in [4.69, 9.17) is 0 Å². The predicted molar refractivity (Wildman–Crippen MR) is 125 cm³/mol. The van der Waals surface area contributed by atoms with Crippen molar-refractivity contribution in [1.82, 2.24) is 30.5 Å². The molecule has 1 saturated heterocycles. The van der Waals surface area contributed by atoms with E-state index in [2.05, 4.69) is 63.1 Å². The predicted octanol–water partition coefficient (Wildman–Crippen LogP) is 3.76. The maximum Gasteiger partial charge on any atom is 0.245 e. The summed E-state index contributed by atoms with van der Waals surface area (Å²) in [6.07, 6.45) is 5.34. The van der Waals surface area contributed by atoms with E-state index in [0.717, 1.165) is 24.1 Å². The smallest absolute Gasteiger partial charge is 0.245 e. The molecular formula is C24H31N7O. The quantitative estimate of drug-likeness (QED) is 0.642. The Labute approximate surface area is 189 Å². The Morgan fingerprint density at radius 1 is 1.03 bits per heavy atom. The van der Waals surface area contributed by atoms with Crippen molar-refractivity contribution in [2.24, 2.45) is 0 Å². The summed E-state index contributed by atoms with van der Waals surface area (Å²) in [4.78, 5) is 15.4. The summed E-state index contributed by atoms with van der Waals surface area (Å²) in [6.45, 7) is 10.8. The van der Waals surface area contributed by atoms with Gasteiger partial charge in [0.05, 0.1) is 6.20 Å². The zero-order valence-corrected chi connectivity index (χ0v) is 19.6. The molecule has 1 aliphatic rings. The lowest BCUT2D eigenvalue weighted by molar-refractivity contribution is 0.160. The molecule has 0 saturated carbocycles. The summed E-state index contributed by atoms with van der Waals surface area (Å²) in [7, 11) is 2.02. The third kappa shape index (κ3) is 4.70. The van der Waals surface area contributed by atoms with Crippen molar-refractivity contribution in [3.63, 3.8) is 0 Å². The molecule has 0 bridgehead atoms. The number of hydrogen-bond acceptors (Lipinski definition) is 8. The van der Waals surface area contributed by atoms with E-state index in [1.807, 2.05) is 26.1 Å². The number of anilines is 1. The van der Waals surface area contributed by atoms with Gasteiger partial charge in [-0.25, -0.2) is 15.0 Å². The van der Waals surface area contributed by atoms with E-state index in [0.29, 0.717) is 29.1 Å². The number of phenolic OH excluding ortho intramolecular Hbond substituents is 1. The molecule has 3 heterocycles. The number of phenols is 1. The van der Waals surface area contributed by atoms with E-state index in [1.54, 1.807) is 24.5 Å². The second-order valence-electron chi connectivity index (χ2n) is 9.96. The van der Waals surface area contributed by atoms with Crippen LogP contribution in [0.1, 0.15) is 46.2 Å². The summed E-state index contributed by atoms with van der Waals surface area (Å²) >= 11 is 0. The number of nitrogens with one attached hydrogen (secondary N) is 1. The van der Waals surface area contributed by atoms with Crippen LogP contribution in [0.3, 0.4) is 0 Å². The standard InChI is InChI=1S/C24H31N7O/c1-15-9-10-25-21(27-15)16-7-8-18(20(32)11-16)19-14-26-22(29-28-19)31(6)17-12-23(2,3)30-24(4,5)13-17/h7-11,14,17,30,32H,12-13H2,1-6H3. The highest BCUT2D eigenvalue weighted by Crippen LogP contribution is 2.33. The van der Waals surface area contributed by atoms with Gasteiger partial charge in [0.2, 0.25) is 5.95 Å². The van der Waals surface area contributed by atoms with Crippen molar-refractivity contribution in [2.45, 2.75) is 64.6 Å². The summed E-state index contributed by atoms with van der Waals surface area (Å²) < 4.78 is 0. The van der Waals surface area contributed by atoms with Crippen LogP contribution in [0.2, 0.25) is 0 Å². The molecule has 2 aromatic heterocycles. The average molecular weight is 434 g/mol. The minimum absolute atomic E-state index is 0.0303. The van der Waals surface area contributed by atoms with Gasteiger partial charge >= 0.3 is 0 Å². The zero-order valence-electron chi connectivity index (χ0n) is 19.6. The molecule has 1 aliphatic heterocycles. The fourth-order valence-corrected chi connectivity index (χ4v) is 4.74. The number of rotatable bonds is 4. The molecule has 0 atom stereocenters. The van der Waals surface area contributed by atoms with Crippen molar-refractivity contribution in [3.05, 3.63) is 42.4 Å². The molecule has 3 aromatic rings. The van der Waals surface area contributed by atoms with Gasteiger partial charge in [0, 0.05) is 47.2 Å². The van der Waals surface area contributed by atoms with Crippen molar-refractivity contribution < 1.29 is 5.11 Å². The lowest BCUT2D eigenvalue weighted by Crippen LogP contribution is -2.62. The fourth-order valence-electron chi connectivity index (χ4n) is 4.74.